The van der Waals surface area contributed by atoms with Gasteiger partial charge in [-0.15, -0.1) is 11.3 Å². The van der Waals surface area contributed by atoms with Gasteiger partial charge in [0.05, 0.1) is 18.2 Å². The number of thiazole rings is 1. The van der Waals surface area contributed by atoms with Crippen molar-refractivity contribution in [1.82, 2.24) is 15.2 Å². The molecule has 1 saturated heterocycles. The third-order valence-corrected chi connectivity index (χ3v) is 4.74. The van der Waals surface area contributed by atoms with Crippen molar-refractivity contribution >= 4 is 11.3 Å². The summed E-state index contributed by atoms with van der Waals surface area (Å²) in [5.74, 6) is 0. The van der Waals surface area contributed by atoms with Crippen molar-refractivity contribution in [2.45, 2.75) is 45.4 Å². The van der Waals surface area contributed by atoms with Crippen molar-refractivity contribution in [3.63, 3.8) is 0 Å². The number of morpholine rings is 1. The summed E-state index contributed by atoms with van der Waals surface area (Å²) in [5.41, 5.74) is -0.0857. The van der Waals surface area contributed by atoms with E-state index in [1.165, 1.54) is 0 Å². The molecule has 5 heteroatoms. The first-order valence-electron chi connectivity index (χ1n) is 6.99. The van der Waals surface area contributed by atoms with E-state index in [9.17, 15) is 0 Å². The highest BCUT2D eigenvalue weighted by atomic mass is 32.1. The molecule has 2 heterocycles. The van der Waals surface area contributed by atoms with E-state index in [1.807, 2.05) is 11.6 Å². The number of ether oxygens (including phenoxy) is 1. The van der Waals surface area contributed by atoms with Crippen molar-refractivity contribution in [1.29, 1.82) is 0 Å². The normalized spacial score (nSPS) is 22.1. The summed E-state index contributed by atoms with van der Waals surface area (Å²) in [4.78, 5) is 6.88. The summed E-state index contributed by atoms with van der Waals surface area (Å²) < 4.78 is 5.85. The van der Waals surface area contributed by atoms with Crippen molar-refractivity contribution in [3.8, 4) is 0 Å². The summed E-state index contributed by atoms with van der Waals surface area (Å²) in [6, 6.07) is 0.596. The van der Waals surface area contributed by atoms with E-state index in [0.29, 0.717) is 6.04 Å². The lowest BCUT2D eigenvalue weighted by Crippen LogP contribution is -2.51. The molecule has 19 heavy (non-hydrogen) atoms. The van der Waals surface area contributed by atoms with Crippen LogP contribution in [0, 0.1) is 0 Å². The van der Waals surface area contributed by atoms with Crippen LogP contribution in [0.5, 0.6) is 0 Å². The third-order valence-electron chi connectivity index (χ3n) is 3.64. The molecule has 1 atom stereocenters. The average Bonchev–Trinajstić information content (AvgIpc) is 2.91. The lowest BCUT2D eigenvalue weighted by Gasteiger charge is -2.37. The topological polar surface area (TPSA) is 37.4 Å². The van der Waals surface area contributed by atoms with Crippen LogP contribution in [-0.2, 0) is 10.3 Å². The Morgan fingerprint density at radius 3 is 3.00 bits per heavy atom. The molecule has 1 aromatic rings. The fourth-order valence-corrected chi connectivity index (χ4v) is 3.05. The van der Waals surface area contributed by atoms with Crippen LogP contribution in [-0.4, -0.2) is 48.3 Å². The largest absolute Gasteiger partial charge is 0.374 e. The van der Waals surface area contributed by atoms with Crippen LogP contribution >= 0.6 is 11.3 Å². The van der Waals surface area contributed by atoms with Gasteiger partial charge in [-0.05, 0) is 27.7 Å². The lowest BCUT2D eigenvalue weighted by atomic mass is 10.1. The molecule has 0 saturated carbocycles. The van der Waals surface area contributed by atoms with Gasteiger partial charge < -0.3 is 10.1 Å². The predicted octanol–water partition coefficient (Wildman–Crippen LogP) is 2.08. The van der Waals surface area contributed by atoms with E-state index < -0.39 is 0 Å². The standard InChI is InChI=1S/C14H25N3OS/c1-11(2)17-6-7-18-12(10-17)9-16-14(3,4)13-15-5-8-19-13/h5,8,11-12,16H,6-7,9-10H2,1-4H3. The van der Waals surface area contributed by atoms with Crippen LogP contribution in [0.4, 0.5) is 0 Å². The fraction of sp³-hybridized carbons (Fsp3) is 0.786. The van der Waals surface area contributed by atoms with Crippen LogP contribution < -0.4 is 5.32 Å². The van der Waals surface area contributed by atoms with Gasteiger partial charge in [0.25, 0.3) is 0 Å². The Balaban J connectivity index is 1.85. The molecule has 0 radical (unpaired) electrons. The van der Waals surface area contributed by atoms with Crippen LogP contribution in [0.2, 0.25) is 0 Å². The number of nitrogens with zero attached hydrogens (tertiary/aromatic N) is 2. The summed E-state index contributed by atoms with van der Waals surface area (Å²) >= 11 is 1.70. The Morgan fingerprint density at radius 1 is 1.58 bits per heavy atom. The maximum absolute atomic E-state index is 5.85. The summed E-state index contributed by atoms with van der Waals surface area (Å²) in [7, 11) is 0. The van der Waals surface area contributed by atoms with Crippen LogP contribution in [0.1, 0.15) is 32.7 Å². The maximum Gasteiger partial charge on any atom is 0.112 e. The molecule has 1 aliphatic heterocycles. The van der Waals surface area contributed by atoms with E-state index in [2.05, 4.69) is 42.9 Å². The van der Waals surface area contributed by atoms with Crippen LogP contribution in [0.25, 0.3) is 0 Å². The van der Waals surface area contributed by atoms with E-state index in [-0.39, 0.29) is 11.6 Å². The van der Waals surface area contributed by atoms with Gasteiger partial charge in [-0.1, -0.05) is 0 Å². The minimum Gasteiger partial charge on any atom is -0.374 e. The monoisotopic (exact) mass is 283 g/mol. The van der Waals surface area contributed by atoms with E-state index >= 15 is 0 Å². The number of aromatic nitrogens is 1. The minimum atomic E-state index is -0.0857. The van der Waals surface area contributed by atoms with Gasteiger partial charge in [-0.25, -0.2) is 4.98 Å². The van der Waals surface area contributed by atoms with Gasteiger partial charge in [0, 0.05) is 37.3 Å². The Hall–Kier alpha value is -0.490. The predicted molar refractivity (Wildman–Crippen MR) is 79.6 cm³/mol. The van der Waals surface area contributed by atoms with Crippen molar-refractivity contribution in [3.05, 3.63) is 16.6 Å². The van der Waals surface area contributed by atoms with E-state index in [1.54, 1.807) is 11.3 Å². The molecular formula is C14H25N3OS. The van der Waals surface area contributed by atoms with E-state index in [0.717, 1.165) is 31.2 Å². The van der Waals surface area contributed by atoms with Gasteiger partial charge >= 0.3 is 0 Å². The first-order valence-corrected chi connectivity index (χ1v) is 7.87. The van der Waals surface area contributed by atoms with Gasteiger partial charge in [0.2, 0.25) is 0 Å². The van der Waals surface area contributed by atoms with Crippen molar-refractivity contribution < 1.29 is 4.74 Å². The van der Waals surface area contributed by atoms with Crippen LogP contribution in [0.3, 0.4) is 0 Å². The Labute approximate surface area is 120 Å². The maximum atomic E-state index is 5.85. The Kier molecular flexibility index (Phi) is 4.95. The highest BCUT2D eigenvalue weighted by Gasteiger charge is 2.27. The Morgan fingerprint density at radius 2 is 2.37 bits per heavy atom. The molecule has 1 N–H and O–H groups in total. The van der Waals surface area contributed by atoms with Crippen LogP contribution in [0.15, 0.2) is 11.6 Å². The van der Waals surface area contributed by atoms with Gasteiger partial charge in [-0.2, -0.15) is 0 Å². The van der Waals surface area contributed by atoms with E-state index in [4.69, 9.17) is 4.74 Å². The molecule has 108 valence electrons. The molecule has 2 rings (SSSR count). The molecule has 4 nitrogen and oxygen atoms in total. The molecule has 0 aromatic carbocycles. The van der Waals surface area contributed by atoms with Crippen molar-refractivity contribution in [2.75, 3.05) is 26.2 Å². The number of hydrogen-bond acceptors (Lipinski definition) is 5. The zero-order chi connectivity index (χ0) is 13.9. The third kappa shape index (κ3) is 3.99. The highest BCUT2D eigenvalue weighted by molar-refractivity contribution is 7.09. The lowest BCUT2D eigenvalue weighted by molar-refractivity contribution is -0.0396. The second-order valence-electron chi connectivity index (χ2n) is 5.92. The first-order chi connectivity index (χ1) is 8.99. The minimum absolute atomic E-state index is 0.0857. The van der Waals surface area contributed by atoms with Gasteiger partial charge in [0.1, 0.15) is 5.01 Å². The first kappa shape index (κ1) is 14.9. The second kappa shape index (κ2) is 6.31. The smallest absolute Gasteiger partial charge is 0.112 e. The molecule has 0 bridgehead atoms. The molecule has 1 aromatic heterocycles. The van der Waals surface area contributed by atoms with Crippen molar-refractivity contribution in [2.24, 2.45) is 0 Å². The number of hydrogen-bond donors (Lipinski definition) is 1. The zero-order valence-corrected chi connectivity index (χ0v) is 13.2. The zero-order valence-electron chi connectivity index (χ0n) is 12.3. The quantitative estimate of drug-likeness (QED) is 0.898. The molecule has 1 fully saturated rings. The molecule has 1 aliphatic rings. The average molecular weight is 283 g/mol. The van der Waals surface area contributed by atoms with Gasteiger partial charge in [-0.3, -0.25) is 4.90 Å². The number of rotatable bonds is 5. The fourth-order valence-electron chi connectivity index (χ4n) is 2.31. The summed E-state index contributed by atoms with van der Waals surface area (Å²) in [5, 5.41) is 6.74. The SMILES string of the molecule is CC(C)N1CCOC(CNC(C)(C)c2nccs2)C1. The molecular weight excluding hydrogens is 258 g/mol. The number of nitrogens with one attached hydrogen (secondary N) is 1. The molecule has 0 spiro atoms. The molecule has 0 amide bonds. The summed E-state index contributed by atoms with van der Waals surface area (Å²) in [6.07, 6.45) is 2.14. The second-order valence-corrected chi connectivity index (χ2v) is 6.82. The van der Waals surface area contributed by atoms with Gasteiger partial charge in [0.15, 0.2) is 0 Å². The molecule has 1 unspecified atom stereocenters. The molecule has 0 aliphatic carbocycles. The summed E-state index contributed by atoms with van der Waals surface area (Å²) in [6.45, 7) is 12.6. The highest BCUT2D eigenvalue weighted by Crippen LogP contribution is 2.22. The Bertz CT molecular complexity index is 378.